The highest BCUT2D eigenvalue weighted by molar-refractivity contribution is 7.20. The molecule has 37 heavy (non-hydrogen) atoms. The van der Waals surface area contributed by atoms with Gasteiger partial charge < -0.3 is 20.3 Å². The van der Waals surface area contributed by atoms with Crippen LogP contribution in [0, 0.1) is 5.92 Å². The number of Topliss-reactive ketones (excluding diaryl/α,β-unsaturated/α-hetero) is 1. The second-order valence-corrected chi connectivity index (χ2v) is 10.7. The molecule has 0 saturated carbocycles. The van der Waals surface area contributed by atoms with Gasteiger partial charge >= 0.3 is 6.03 Å². The zero-order valence-corrected chi connectivity index (χ0v) is 22.1. The quantitative estimate of drug-likeness (QED) is 0.391. The van der Waals surface area contributed by atoms with Crippen molar-refractivity contribution in [2.75, 3.05) is 26.3 Å². The minimum atomic E-state index is -0.761. The number of carbonyl (C=O) groups is 3. The Morgan fingerprint density at radius 1 is 0.973 bits per heavy atom. The van der Waals surface area contributed by atoms with Gasteiger partial charge in [0.25, 0.3) is 0 Å². The van der Waals surface area contributed by atoms with Gasteiger partial charge in [-0.15, -0.1) is 11.3 Å². The number of hydrogen-bond donors (Lipinski definition) is 2. The smallest absolute Gasteiger partial charge is 0.318 e. The van der Waals surface area contributed by atoms with Crippen molar-refractivity contribution >= 4 is 39.3 Å². The van der Waals surface area contributed by atoms with Crippen LogP contribution in [0.3, 0.4) is 0 Å². The van der Waals surface area contributed by atoms with Crippen molar-refractivity contribution in [2.45, 2.75) is 45.2 Å². The molecular formula is C28H34N4O4S. The van der Waals surface area contributed by atoms with Crippen LogP contribution in [0.5, 0.6) is 0 Å². The van der Waals surface area contributed by atoms with Crippen LogP contribution in [0.2, 0.25) is 0 Å². The summed E-state index contributed by atoms with van der Waals surface area (Å²) in [5, 5.41) is 6.23. The zero-order valence-electron chi connectivity index (χ0n) is 21.3. The molecule has 0 aliphatic carbocycles. The molecule has 8 nitrogen and oxygen atoms in total. The van der Waals surface area contributed by atoms with Gasteiger partial charge in [-0.3, -0.25) is 9.59 Å². The van der Waals surface area contributed by atoms with Gasteiger partial charge in [-0.05, 0) is 42.9 Å². The third-order valence-electron chi connectivity index (χ3n) is 6.32. The number of hydrogen-bond acceptors (Lipinski definition) is 6. The van der Waals surface area contributed by atoms with E-state index < -0.39 is 12.1 Å². The molecule has 1 aliphatic heterocycles. The third-order valence-corrected chi connectivity index (χ3v) is 7.37. The van der Waals surface area contributed by atoms with Crippen LogP contribution in [0.1, 0.15) is 42.1 Å². The number of aryl methyl sites for hydroxylation is 1. The summed E-state index contributed by atoms with van der Waals surface area (Å²) in [6.45, 7) is 5.93. The number of fused-ring (bicyclic) bond motifs is 1. The number of aromatic nitrogens is 1. The molecule has 0 bridgehead atoms. The predicted molar refractivity (Wildman–Crippen MR) is 145 cm³/mol. The molecule has 196 valence electrons. The fraction of sp³-hybridized carbons (Fsp3) is 0.429. The molecule has 2 heterocycles. The lowest BCUT2D eigenvalue weighted by molar-refractivity contribution is -0.123. The Kier molecular flexibility index (Phi) is 9.24. The summed E-state index contributed by atoms with van der Waals surface area (Å²) < 4.78 is 6.26. The summed E-state index contributed by atoms with van der Waals surface area (Å²) in [5.74, 6) is -0.403. The molecule has 2 N–H and O–H groups in total. The van der Waals surface area contributed by atoms with Crippen molar-refractivity contribution in [1.29, 1.82) is 0 Å². The largest absolute Gasteiger partial charge is 0.378 e. The van der Waals surface area contributed by atoms with Crippen molar-refractivity contribution < 1.29 is 19.1 Å². The fourth-order valence-electron chi connectivity index (χ4n) is 4.33. The van der Waals surface area contributed by atoms with E-state index in [1.807, 2.05) is 68.4 Å². The molecular weight excluding hydrogens is 488 g/mol. The van der Waals surface area contributed by atoms with Crippen LogP contribution in [-0.4, -0.2) is 66.0 Å². The van der Waals surface area contributed by atoms with Crippen LogP contribution in [0.25, 0.3) is 10.2 Å². The maximum Gasteiger partial charge on any atom is 0.318 e. The van der Waals surface area contributed by atoms with Crippen LogP contribution in [0.4, 0.5) is 4.79 Å². The number of para-hydroxylation sites is 1. The monoisotopic (exact) mass is 522 g/mol. The van der Waals surface area contributed by atoms with Gasteiger partial charge in [-0.2, -0.15) is 0 Å². The molecule has 4 rings (SSSR count). The molecule has 1 aliphatic rings. The fourth-order valence-corrected chi connectivity index (χ4v) is 5.29. The second kappa shape index (κ2) is 12.8. The maximum atomic E-state index is 13.6. The summed E-state index contributed by atoms with van der Waals surface area (Å²) >= 11 is 1.33. The van der Waals surface area contributed by atoms with Gasteiger partial charge in [0, 0.05) is 13.1 Å². The first-order valence-electron chi connectivity index (χ1n) is 12.8. The minimum Gasteiger partial charge on any atom is -0.378 e. The number of ketones is 1. The average molecular weight is 523 g/mol. The van der Waals surface area contributed by atoms with E-state index in [0.717, 1.165) is 15.8 Å². The molecule has 3 aromatic rings. The summed E-state index contributed by atoms with van der Waals surface area (Å²) in [5.41, 5.74) is 1.85. The second-order valence-electron chi connectivity index (χ2n) is 9.67. The zero-order chi connectivity index (χ0) is 26.2. The van der Waals surface area contributed by atoms with Gasteiger partial charge in [-0.1, -0.05) is 56.3 Å². The normalized spacial score (nSPS) is 15.4. The van der Waals surface area contributed by atoms with Crippen molar-refractivity contribution in [3.8, 4) is 0 Å². The molecule has 1 fully saturated rings. The lowest BCUT2D eigenvalue weighted by Gasteiger charge is -2.30. The van der Waals surface area contributed by atoms with E-state index in [4.69, 9.17) is 4.74 Å². The van der Waals surface area contributed by atoms with Gasteiger partial charge in [0.1, 0.15) is 6.04 Å². The lowest BCUT2D eigenvalue weighted by atomic mass is 9.99. The molecule has 2 atom stereocenters. The van der Waals surface area contributed by atoms with Crippen molar-refractivity contribution in [2.24, 2.45) is 5.92 Å². The Morgan fingerprint density at radius 3 is 2.38 bits per heavy atom. The van der Waals surface area contributed by atoms with E-state index in [2.05, 4.69) is 15.6 Å². The number of nitrogens with one attached hydrogen (secondary N) is 2. The Morgan fingerprint density at radius 2 is 1.68 bits per heavy atom. The number of ether oxygens (including phenoxy) is 1. The highest BCUT2D eigenvalue weighted by Crippen LogP contribution is 2.23. The molecule has 9 heteroatoms. The van der Waals surface area contributed by atoms with Crippen molar-refractivity contribution in [3.63, 3.8) is 0 Å². The minimum absolute atomic E-state index is 0.170. The van der Waals surface area contributed by atoms with Gasteiger partial charge in [0.2, 0.25) is 11.7 Å². The molecule has 1 aromatic heterocycles. The highest BCUT2D eigenvalue weighted by atomic mass is 32.1. The molecule has 0 unspecified atom stereocenters. The van der Waals surface area contributed by atoms with E-state index in [1.165, 1.54) is 11.3 Å². The van der Waals surface area contributed by atoms with E-state index in [9.17, 15) is 14.4 Å². The first kappa shape index (κ1) is 26.8. The Balaban J connectivity index is 1.52. The Bertz CT molecular complexity index is 1170. The van der Waals surface area contributed by atoms with Gasteiger partial charge in [0.05, 0.1) is 29.5 Å². The van der Waals surface area contributed by atoms with E-state index in [-0.39, 0.29) is 23.6 Å². The number of benzene rings is 2. The predicted octanol–water partition coefficient (Wildman–Crippen LogP) is 4.05. The van der Waals surface area contributed by atoms with Gasteiger partial charge in [0.15, 0.2) is 5.01 Å². The SMILES string of the molecule is CC(C)C[C@H](NC(=O)N1CCOCC1)C(=O)N[C@@H](CCc1ccccc1)C(=O)c1nc2ccccc2s1. The standard InChI is InChI=1S/C28H34N4O4S/c1-19(2)18-23(31-28(35)32-14-16-36-17-15-32)26(34)29-22(13-12-20-8-4-3-5-9-20)25(33)27-30-21-10-6-7-11-24(21)37-27/h3-11,19,22-23H,12-18H2,1-2H3,(H,29,34)(H,31,35)/t22-,23-/m0/s1. The number of carbonyl (C=O) groups excluding carboxylic acids is 3. The van der Waals surface area contributed by atoms with Crippen LogP contribution >= 0.6 is 11.3 Å². The Labute approximate surface area is 221 Å². The van der Waals surface area contributed by atoms with E-state index in [1.54, 1.807) is 4.90 Å². The number of morpholine rings is 1. The van der Waals surface area contributed by atoms with Crippen LogP contribution in [0.15, 0.2) is 54.6 Å². The highest BCUT2D eigenvalue weighted by Gasteiger charge is 2.30. The first-order chi connectivity index (χ1) is 17.9. The van der Waals surface area contributed by atoms with E-state index in [0.29, 0.717) is 50.6 Å². The molecule has 2 aromatic carbocycles. The van der Waals surface area contributed by atoms with E-state index >= 15 is 0 Å². The topological polar surface area (TPSA) is 101 Å². The number of thiazole rings is 1. The molecule has 0 radical (unpaired) electrons. The lowest BCUT2D eigenvalue weighted by Crippen LogP contribution is -2.56. The molecule has 1 saturated heterocycles. The van der Waals surface area contributed by atoms with Crippen molar-refractivity contribution in [1.82, 2.24) is 20.5 Å². The molecule has 3 amide bonds. The summed E-state index contributed by atoms with van der Waals surface area (Å²) in [4.78, 5) is 46.1. The maximum absolute atomic E-state index is 13.6. The number of rotatable bonds is 10. The number of amides is 3. The molecule has 0 spiro atoms. The van der Waals surface area contributed by atoms with Crippen LogP contribution in [-0.2, 0) is 16.0 Å². The Hall–Kier alpha value is -3.30. The summed E-state index contributed by atoms with van der Waals surface area (Å²) in [6, 6.07) is 15.7. The number of urea groups is 1. The summed E-state index contributed by atoms with van der Waals surface area (Å²) in [6.07, 6.45) is 1.51. The average Bonchev–Trinajstić information content (AvgIpc) is 3.35. The van der Waals surface area contributed by atoms with Gasteiger partial charge in [-0.25, -0.2) is 9.78 Å². The first-order valence-corrected chi connectivity index (χ1v) is 13.6. The van der Waals surface area contributed by atoms with Crippen molar-refractivity contribution in [3.05, 3.63) is 65.2 Å². The summed E-state index contributed by atoms with van der Waals surface area (Å²) in [7, 11) is 0. The van der Waals surface area contributed by atoms with Crippen LogP contribution < -0.4 is 10.6 Å². The third kappa shape index (κ3) is 7.36. The number of nitrogens with zero attached hydrogens (tertiary/aromatic N) is 2.